The van der Waals surface area contributed by atoms with Crippen molar-refractivity contribution in [2.75, 3.05) is 0 Å². The zero-order valence-electron chi connectivity index (χ0n) is 19.0. The minimum absolute atomic E-state index is 0. The predicted molar refractivity (Wildman–Crippen MR) is 132 cm³/mol. The Bertz CT molecular complexity index is 1450. The molecule has 4 nitrogen and oxygen atoms in total. The van der Waals surface area contributed by atoms with E-state index in [4.69, 9.17) is 0 Å². The summed E-state index contributed by atoms with van der Waals surface area (Å²) in [5.41, 5.74) is 2.96. The number of hydrogen-bond donors (Lipinski definition) is 0. The largest absolute Gasteiger partial charge is 1.00 e. The summed E-state index contributed by atoms with van der Waals surface area (Å²) in [6.45, 7) is 1.86. The molecule has 4 rings (SSSR count). The van der Waals surface area contributed by atoms with E-state index in [2.05, 4.69) is 9.18 Å². The first-order chi connectivity index (χ1) is 15.9. The zero-order valence-corrected chi connectivity index (χ0v) is 20.6. The molecule has 0 N–H and O–H groups in total. The SMILES string of the molecule is Cc1ccc(S(=O)(=O)N=S(=O)([C-]=C(c2ccccc2)c2ccccc2)c2ccccc2)cc1.[Li+]. The van der Waals surface area contributed by atoms with Gasteiger partial charge in [0.15, 0.2) is 0 Å². The zero-order chi connectivity index (χ0) is 23.3. The van der Waals surface area contributed by atoms with Crippen molar-refractivity contribution in [3.63, 3.8) is 0 Å². The van der Waals surface area contributed by atoms with Crippen molar-refractivity contribution in [1.82, 2.24) is 0 Å². The standard InChI is InChI=1S/C27H22NO3S2.Li/c1-22-17-19-26(20-18-22)33(30,31)28-32(29,25-15-9-4-10-16-25)21-27(23-11-5-2-6-12-23)24-13-7-3-8-14-24;/h2-20H,1H3;/q-1;+1. The van der Waals surface area contributed by atoms with Crippen LogP contribution in [0.4, 0.5) is 0 Å². The maximum Gasteiger partial charge on any atom is 1.00 e. The van der Waals surface area contributed by atoms with Crippen molar-refractivity contribution in [2.24, 2.45) is 3.77 Å². The van der Waals surface area contributed by atoms with Gasteiger partial charge in [0, 0.05) is 4.90 Å². The van der Waals surface area contributed by atoms with E-state index in [0.29, 0.717) is 5.57 Å². The normalized spacial score (nSPS) is 12.6. The molecule has 1 atom stereocenters. The third-order valence-electron chi connectivity index (χ3n) is 4.95. The molecule has 0 radical (unpaired) electrons. The van der Waals surface area contributed by atoms with Crippen LogP contribution in [-0.4, -0.2) is 12.6 Å². The molecular weight excluding hydrogens is 457 g/mol. The van der Waals surface area contributed by atoms with Gasteiger partial charge in [-0.05, 0) is 31.2 Å². The maximum atomic E-state index is 14.3. The fourth-order valence-corrected chi connectivity index (χ4v) is 6.83. The number of rotatable bonds is 6. The minimum Gasteiger partial charge on any atom is -0.252 e. The topological polar surface area (TPSA) is 63.6 Å². The summed E-state index contributed by atoms with van der Waals surface area (Å²) in [6, 6.07) is 33.4. The fourth-order valence-electron chi connectivity index (χ4n) is 3.25. The molecular formula is C27H22LiNO3S2. The van der Waals surface area contributed by atoms with Crippen LogP contribution in [0.1, 0.15) is 16.7 Å². The Morgan fingerprint density at radius 3 is 1.53 bits per heavy atom. The molecule has 0 amide bonds. The van der Waals surface area contributed by atoms with Crippen LogP contribution in [-0.2, 0) is 19.8 Å². The third kappa shape index (κ3) is 5.97. The van der Waals surface area contributed by atoms with Crippen LogP contribution < -0.4 is 18.9 Å². The van der Waals surface area contributed by atoms with Gasteiger partial charge in [0.05, 0.1) is 14.6 Å². The smallest absolute Gasteiger partial charge is 0.252 e. The number of sulfonamides is 1. The molecule has 0 saturated heterocycles. The summed E-state index contributed by atoms with van der Waals surface area (Å²) < 4.78 is 44.7. The molecule has 4 aromatic carbocycles. The van der Waals surface area contributed by atoms with Crippen molar-refractivity contribution < 1.29 is 31.5 Å². The van der Waals surface area contributed by atoms with Crippen LogP contribution in [0.3, 0.4) is 0 Å². The number of aryl methyl sites for hydroxylation is 1. The van der Waals surface area contributed by atoms with Gasteiger partial charge < -0.3 is 0 Å². The first-order valence-corrected chi connectivity index (χ1v) is 13.2. The summed E-state index contributed by atoms with van der Waals surface area (Å²) in [6.07, 6.45) is 0. The molecule has 0 aliphatic rings. The van der Waals surface area contributed by atoms with Crippen LogP contribution in [0.15, 0.2) is 129 Å². The Morgan fingerprint density at radius 1 is 0.618 bits per heavy atom. The van der Waals surface area contributed by atoms with E-state index < -0.39 is 19.8 Å². The van der Waals surface area contributed by atoms with Gasteiger partial charge in [-0.2, -0.15) is 14.0 Å². The Labute approximate surface area is 213 Å². The molecule has 0 aliphatic heterocycles. The summed E-state index contributed by atoms with van der Waals surface area (Å²) >= 11 is 0. The average Bonchev–Trinajstić information content (AvgIpc) is 2.84. The molecule has 34 heavy (non-hydrogen) atoms. The van der Waals surface area contributed by atoms with Gasteiger partial charge in [0.1, 0.15) is 0 Å². The summed E-state index contributed by atoms with van der Waals surface area (Å²) in [5.74, 6) is 0. The second-order valence-electron chi connectivity index (χ2n) is 7.41. The quantitative estimate of drug-likeness (QED) is 0.315. The average molecular weight is 480 g/mol. The van der Waals surface area contributed by atoms with E-state index in [1.807, 2.05) is 67.6 Å². The van der Waals surface area contributed by atoms with Crippen LogP contribution >= 0.6 is 0 Å². The van der Waals surface area contributed by atoms with Crippen LogP contribution in [0, 0.1) is 12.3 Å². The van der Waals surface area contributed by atoms with Gasteiger partial charge in [-0.1, -0.05) is 77.7 Å². The molecule has 0 saturated carbocycles. The molecule has 166 valence electrons. The summed E-state index contributed by atoms with van der Waals surface area (Å²) in [5, 5.41) is 3.02. The molecule has 1 unspecified atom stereocenters. The van der Waals surface area contributed by atoms with E-state index in [0.717, 1.165) is 16.7 Å². The number of benzene rings is 4. The minimum atomic E-state index is -4.22. The van der Waals surface area contributed by atoms with Gasteiger partial charge in [0.25, 0.3) is 10.0 Å². The van der Waals surface area contributed by atoms with Gasteiger partial charge in [-0.25, -0.2) is 0 Å². The van der Waals surface area contributed by atoms with Gasteiger partial charge in [0.2, 0.25) is 0 Å². The first kappa shape index (κ1) is 25.7. The molecule has 0 fully saturated rings. The van der Waals surface area contributed by atoms with Crippen LogP contribution in [0.25, 0.3) is 5.57 Å². The Balaban J connectivity index is 0.00000324. The molecule has 0 aliphatic carbocycles. The van der Waals surface area contributed by atoms with E-state index in [1.54, 1.807) is 42.5 Å². The fraction of sp³-hybridized carbons (Fsp3) is 0.0370. The third-order valence-corrected chi connectivity index (χ3v) is 8.83. The summed E-state index contributed by atoms with van der Waals surface area (Å²) in [4.78, 5) is 0.254. The second-order valence-corrected chi connectivity index (χ2v) is 11.2. The van der Waals surface area contributed by atoms with Crippen molar-refractivity contribution in [1.29, 1.82) is 0 Å². The van der Waals surface area contributed by atoms with Gasteiger partial charge in [-0.15, -0.1) is 39.2 Å². The second kappa shape index (κ2) is 11.0. The van der Waals surface area contributed by atoms with Crippen molar-refractivity contribution >= 4 is 25.3 Å². The van der Waals surface area contributed by atoms with E-state index in [-0.39, 0.29) is 28.7 Å². The maximum absolute atomic E-state index is 14.3. The van der Waals surface area contributed by atoms with Crippen molar-refractivity contribution in [2.45, 2.75) is 16.7 Å². The van der Waals surface area contributed by atoms with Gasteiger partial charge in [-0.3, -0.25) is 4.21 Å². The molecule has 0 heterocycles. The molecule has 0 bridgehead atoms. The number of hydrogen-bond acceptors (Lipinski definition) is 3. The Morgan fingerprint density at radius 2 is 1.06 bits per heavy atom. The molecule has 7 heteroatoms. The van der Waals surface area contributed by atoms with E-state index in [9.17, 15) is 12.6 Å². The molecule has 4 aromatic rings. The monoisotopic (exact) mass is 479 g/mol. The van der Waals surface area contributed by atoms with Crippen LogP contribution in [0.5, 0.6) is 0 Å². The Kier molecular flexibility index (Phi) is 8.35. The molecule has 0 spiro atoms. The van der Waals surface area contributed by atoms with Crippen molar-refractivity contribution in [3.8, 4) is 0 Å². The van der Waals surface area contributed by atoms with Gasteiger partial charge >= 0.3 is 18.9 Å². The molecule has 0 aromatic heterocycles. The van der Waals surface area contributed by atoms with Crippen LogP contribution in [0.2, 0.25) is 0 Å². The van der Waals surface area contributed by atoms with Crippen molar-refractivity contribution in [3.05, 3.63) is 137 Å². The Hall–Kier alpha value is -2.88. The van der Waals surface area contributed by atoms with E-state index in [1.165, 1.54) is 12.1 Å². The first-order valence-electron chi connectivity index (χ1n) is 10.3. The van der Waals surface area contributed by atoms with E-state index >= 15 is 0 Å². The summed E-state index contributed by atoms with van der Waals surface area (Å²) in [7, 11) is -7.85. The predicted octanol–water partition coefficient (Wildman–Crippen LogP) is 3.11. The number of nitrogens with zero attached hydrogens (tertiary/aromatic N) is 1.